The second-order valence-electron chi connectivity index (χ2n) is 16.0. The van der Waals surface area contributed by atoms with Crippen molar-refractivity contribution in [2.75, 3.05) is 13.3 Å². The standard InChI is InChI=1S/C36H47N5O11S/c1-5-21-15-36(21,32(44)39-53(47,48)24-11-12-24)38-30(42)26-14-23(52-34(46)40-16-20-10-13-27-28(25(20)18-40)50-19-49-27)17-41(26)31(43)29(35(2,3)4)37-33(45)51-22-8-6-7-9-22/h5,10,13,21-24,26,29H,1,6-9,11-12,14-19H2,2-4H3,(H,37,45)(H,38,42)(H,39,44)/t21-,23+,26?,29+,36-/m0/s1. The number of nitrogens with zero attached hydrogens (tertiary/aromatic N) is 2. The Balaban J connectivity index is 1.10. The number of benzene rings is 1. The summed E-state index contributed by atoms with van der Waals surface area (Å²) in [4.78, 5) is 71.5. The second-order valence-corrected chi connectivity index (χ2v) is 17.9. The van der Waals surface area contributed by atoms with E-state index in [9.17, 15) is 32.4 Å². The van der Waals surface area contributed by atoms with Crippen LogP contribution < -0.4 is 24.8 Å². The number of fused-ring (bicyclic) bond motifs is 3. The van der Waals surface area contributed by atoms with Gasteiger partial charge in [0.05, 0.1) is 18.3 Å². The van der Waals surface area contributed by atoms with E-state index in [0.29, 0.717) is 24.3 Å². The van der Waals surface area contributed by atoms with Gasteiger partial charge in [-0.2, -0.15) is 0 Å². The Morgan fingerprint density at radius 1 is 1.02 bits per heavy atom. The molecule has 53 heavy (non-hydrogen) atoms. The quantitative estimate of drug-likeness (QED) is 0.297. The molecule has 3 N–H and O–H groups in total. The van der Waals surface area contributed by atoms with Crippen molar-refractivity contribution in [2.24, 2.45) is 11.3 Å². The van der Waals surface area contributed by atoms with Gasteiger partial charge in [-0.1, -0.05) is 32.9 Å². The molecule has 5 amide bonds. The molecule has 1 aromatic carbocycles. The van der Waals surface area contributed by atoms with Gasteiger partial charge in [0.15, 0.2) is 11.5 Å². The highest BCUT2D eigenvalue weighted by Crippen LogP contribution is 2.46. The number of likely N-dealkylation sites (tertiary alicyclic amines) is 1. The molecule has 7 rings (SSSR count). The van der Waals surface area contributed by atoms with Gasteiger partial charge in [-0.25, -0.2) is 18.0 Å². The number of amides is 5. The molecule has 4 fully saturated rings. The maximum absolute atomic E-state index is 14.5. The van der Waals surface area contributed by atoms with Crippen molar-refractivity contribution in [2.45, 2.75) is 120 Å². The third-order valence-corrected chi connectivity index (χ3v) is 12.8. The predicted molar refractivity (Wildman–Crippen MR) is 187 cm³/mol. The zero-order valence-electron chi connectivity index (χ0n) is 30.2. The molecule has 1 unspecified atom stereocenters. The van der Waals surface area contributed by atoms with Gasteiger partial charge in [0.25, 0.3) is 5.91 Å². The van der Waals surface area contributed by atoms with Crippen LogP contribution in [0.25, 0.3) is 0 Å². The molecule has 0 aromatic heterocycles. The Hall–Kier alpha value is -4.54. The fourth-order valence-electron chi connectivity index (χ4n) is 7.71. The molecule has 1 aromatic rings. The van der Waals surface area contributed by atoms with Gasteiger partial charge in [0.2, 0.25) is 28.6 Å². The normalized spacial score (nSPS) is 26.7. The van der Waals surface area contributed by atoms with Crippen molar-refractivity contribution >= 4 is 39.9 Å². The van der Waals surface area contributed by atoms with Gasteiger partial charge in [-0.05, 0) is 62.0 Å². The first kappa shape index (κ1) is 36.8. The average molecular weight is 758 g/mol. The van der Waals surface area contributed by atoms with Crippen LogP contribution in [0.2, 0.25) is 0 Å². The molecule has 0 radical (unpaired) electrons. The lowest BCUT2D eigenvalue weighted by Crippen LogP contribution is -2.60. The number of nitrogens with one attached hydrogen (secondary N) is 3. The minimum atomic E-state index is -3.92. The van der Waals surface area contributed by atoms with Gasteiger partial charge in [-0.15, -0.1) is 6.58 Å². The minimum absolute atomic E-state index is 0.0845. The zero-order chi connectivity index (χ0) is 37.9. The summed E-state index contributed by atoms with van der Waals surface area (Å²) < 4.78 is 50.1. The number of sulfonamides is 1. The van der Waals surface area contributed by atoms with Crippen molar-refractivity contribution in [3.63, 3.8) is 0 Å². The number of hydrogen-bond donors (Lipinski definition) is 3. The fraction of sp³-hybridized carbons (Fsp3) is 0.639. The largest absolute Gasteiger partial charge is 0.454 e. The molecule has 6 aliphatic rings. The summed E-state index contributed by atoms with van der Waals surface area (Å²) in [6, 6.07) is 1.27. The lowest BCUT2D eigenvalue weighted by Gasteiger charge is -2.35. The van der Waals surface area contributed by atoms with Crippen LogP contribution in [0, 0.1) is 11.3 Å². The number of alkyl carbamates (subject to hydrolysis) is 1. The Morgan fingerprint density at radius 2 is 1.75 bits per heavy atom. The van der Waals surface area contributed by atoms with Crippen molar-refractivity contribution in [3.05, 3.63) is 35.9 Å². The third kappa shape index (κ3) is 7.36. The first-order valence-electron chi connectivity index (χ1n) is 18.2. The Bertz CT molecular complexity index is 1820. The van der Waals surface area contributed by atoms with Crippen LogP contribution in [0.15, 0.2) is 24.8 Å². The van der Waals surface area contributed by atoms with Crippen LogP contribution in [0.5, 0.6) is 11.5 Å². The molecule has 17 heteroatoms. The van der Waals surface area contributed by atoms with E-state index < -0.39 is 80.2 Å². The van der Waals surface area contributed by atoms with E-state index in [1.165, 1.54) is 15.9 Å². The van der Waals surface area contributed by atoms with Crippen molar-refractivity contribution in [1.82, 2.24) is 25.2 Å². The molecular formula is C36H47N5O11S. The van der Waals surface area contributed by atoms with Crippen LogP contribution in [0.4, 0.5) is 9.59 Å². The maximum Gasteiger partial charge on any atom is 0.410 e. The number of carbonyl (C=O) groups is 5. The van der Waals surface area contributed by atoms with E-state index in [1.54, 1.807) is 26.8 Å². The molecule has 0 spiro atoms. The molecule has 3 heterocycles. The Labute approximate surface area is 308 Å². The third-order valence-electron chi connectivity index (χ3n) is 11.0. The lowest BCUT2D eigenvalue weighted by molar-refractivity contribution is -0.143. The van der Waals surface area contributed by atoms with Gasteiger partial charge in [-0.3, -0.25) is 24.0 Å². The number of hydrogen-bond acceptors (Lipinski definition) is 11. The molecule has 1 saturated heterocycles. The molecule has 16 nitrogen and oxygen atoms in total. The van der Waals surface area contributed by atoms with Crippen molar-refractivity contribution in [3.8, 4) is 11.5 Å². The van der Waals surface area contributed by atoms with E-state index in [2.05, 4.69) is 21.9 Å². The SMILES string of the molecule is C=C[C@H]1C[C@@]1(NC(=O)C1C[C@@H](OC(=O)N2Cc3ccc4c(c3C2)OCO4)CN1C(=O)[C@@H](NC(=O)OC1CCCC1)C(C)(C)C)C(=O)NS(=O)(=O)C1CC1. The molecule has 288 valence electrons. The highest BCUT2D eigenvalue weighted by atomic mass is 32.2. The van der Waals surface area contributed by atoms with Gasteiger partial charge in [0, 0.05) is 24.4 Å². The summed E-state index contributed by atoms with van der Waals surface area (Å²) in [5, 5.41) is 4.80. The second kappa shape index (κ2) is 13.7. The summed E-state index contributed by atoms with van der Waals surface area (Å²) in [6.45, 7) is 9.42. The fourth-order valence-corrected chi connectivity index (χ4v) is 9.07. The lowest BCUT2D eigenvalue weighted by atomic mass is 9.85. The Kier molecular flexibility index (Phi) is 9.52. The van der Waals surface area contributed by atoms with E-state index in [-0.39, 0.29) is 45.4 Å². The summed E-state index contributed by atoms with van der Waals surface area (Å²) in [5.74, 6) is -1.59. The van der Waals surface area contributed by atoms with E-state index >= 15 is 0 Å². The summed E-state index contributed by atoms with van der Waals surface area (Å²) in [7, 11) is -3.92. The number of carbonyl (C=O) groups excluding carboxylic acids is 5. The van der Waals surface area contributed by atoms with E-state index in [1.807, 2.05) is 6.07 Å². The van der Waals surface area contributed by atoms with Crippen molar-refractivity contribution in [1.29, 1.82) is 0 Å². The molecule has 0 bridgehead atoms. The first-order valence-corrected chi connectivity index (χ1v) is 19.8. The average Bonchev–Trinajstić information content (AvgIpc) is 3.72. The minimum Gasteiger partial charge on any atom is -0.454 e. The topological polar surface area (TPSA) is 199 Å². The molecule has 3 aliphatic carbocycles. The summed E-state index contributed by atoms with van der Waals surface area (Å²) in [6.07, 6.45) is 3.11. The van der Waals surface area contributed by atoms with Gasteiger partial charge in [0.1, 0.15) is 29.8 Å². The van der Waals surface area contributed by atoms with Gasteiger partial charge < -0.3 is 34.5 Å². The smallest absolute Gasteiger partial charge is 0.410 e. The van der Waals surface area contributed by atoms with Crippen molar-refractivity contribution < 1.29 is 51.3 Å². The van der Waals surface area contributed by atoms with Crippen LogP contribution >= 0.6 is 0 Å². The molecule has 3 saturated carbocycles. The van der Waals surface area contributed by atoms with Crippen LogP contribution in [-0.4, -0.2) is 96.5 Å². The molecule has 5 atom stereocenters. The number of rotatable bonds is 10. The molecule has 3 aliphatic heterocycles. The van der Waals surface area contributed by atoms with Crippen LogP contribution in [-0.2, 0) is 47.0 Å². The zero-order valence-corrected chi connectivity index (χ0v) is 31.0. The van der Waals surface area contributed by atoms with Crippen LogP contribution in [0.3, 0.4) is 0 Å². The summed E-state index contributed by atoms with van der Waals surface area (Å²) >= 11 is 0. The Morgan fingerprint density at radius 3 is 2.42 bits per heavy atom. The highest BCUT2D eigenvalue weighted by molar-refractivity contribution is 7.91. The summed E-state index contributed by atoms with van der Waals surface area (Å²) in [5.41, 5.74) is -0.736. The first-order chi connectivity index (χ1) is 25.1. The van der Waals surface area contributed by atoms with Gasteiger partial charge >= 0.3 is 12.2 Å². The molecular weight excluding hydrogens is 710 g/mol. The predicted octanol–water partition coefficient (Wildman–Crippen LogP) is 2.59. The van der Waals surface area contributed by atoms with E-state index in [4.69, 9.17) is 18.9 Å². The monoisotopic (exact) mass is 757 g/mol. The van der Waals surface area contributed by atoms with E-state index in [0.717, 1.165) is 36.8 Å². The number of ether oxygens (including phenoxy) is 4. The van der Waals surface area contributed by atoms with Crippen LogP contribution in [0.1, 0.15) is 83.3 Å². The maximum atomic E-state index is 14.5. The highest BCUT2D eigenvalue weighted by Gasteiger charge is 2.62.